The number of phenolic OH excluding ortho intramolecular Hbond substituents is 1. The summed E-state index contributed by atoms with van der Waals surface area (Å²) in [7, 11) is 1.50. The van der Waals surface area contributed by atoms with Crippen molar-refractivity contribution >= 4 is 17.4 Å². The highest BCUT2D eigenvalue weighted by Crippen LogP contribution is 2.39. The second-order valence-electron chi connectivity index (χ2n) is 3.12. The first-order valence-electron chi connectivity index (χ1n) is 4.41. The summed E-state index contributed by atoms with van der Waals surface area (Å²) in [6.07, 6.45) is 0. The maximum atomic E-state index is 9.76. The van der Waals surface area contributed by atoms with Gasteiger partial charge >= 0.3 is 0 Å². The maximum absolute atomic E-state index is 9.76. The van der Waals surface area contributed by atoms with Gasteiger partial charge in [0, 0.05) is 12.1 Å². The summed E-state index contributed by atoms with van der Waals surface area (Å²) in [6, 6.07) is 4.58. The zero-order chi connectivity index (χ0) is 11.7. The minimum Gasteiger partial charge on any atom is -0.506 e. The molecule has 0 aliphatic rings. The minimum atomic E-state index is -0.0985. The predicted octanol–water partition coefficient (Wildman–Crippen LogP) is 2.29. The summed E-state index contributed by atoms with van der Waals surface area (Å²) in [4.78, 5) is 0. The minimum absolute atomic E-state index is 0.0985. The molecule has 5 nitrogen and oxygen atoms in total. The number of rotatable bonds is 2. The van der Waals surface area contributed by atoms with Gasteiger partial charge in [0.1, 0.15) is 11.5 Å². The summed E-state index contributed by atoms with van der Waals surface area (Å²) < 4.78 is 9.97. The number of nitrogen functional groups attached to an aromatic ring is 1. The molecule has 0 atom stereocenters. The molecule has 1 aromatic heterocycles. The second kappa shape index (κ2) is 3.94. The van der Waals surface area contributed by atoms with Crippen LogP contribution in [0.5, 0.6) is 11.5 Å². The van der Waals surface area contributed by atoms with E-state index in [9.17, 15) is 5.11 Å². The molecule has 0 saturated heterocycles. The molecule has 16 heavy (non-hydrogen) atoms. The van der Waals surface area contributed by atoms with Crippen LogP contribution in [0.4, 0.5) is 5.82 Å². The van der Waals surface area contributed by atoms with Gasteiger partial charge in [-0.3, -0.25) is 0 Å². The highest BCUT2D eigenvalue weighted by atomic mass is 35.5. The fourth-order valence-electron chi connectivity index (χ4n) is 1.30. The lowest BCUT2D eigenvalue weighted by Gasteiger charge is -2.06. The maximum Gasteiger partial charge on any atom is 0.172 e. The van der Waals surface area contributed by atoms with E-state index in [1.54, 1.807) is 6.07 Å². The van der Waals surface area contributed by atoms with Crippen molar-refractivity contribution in [3.8, 4) is 22.8 Å². The summed E-state index contributed by atoms with van der Waals surface area (Å²) >= 11 is 5.83. The topological polar surface area (TPSA) is 81.5 Å². The van der Waals surface area contributed by atoms with Crippen LogP contribution in [0.2, 0.25) is 5.02 Å². The van der Waals surface area contributed by atoms with Crippen LogP contribution < -0.4 is 10.5 Å². The van der Waals surface area contributed by atoms with Gasteiger partial charge in [-0.15, -0.1) is 0 Å². The number of hydrogen-bond donors (Lipinski definition) is 2. The Labute approximate surface area is 96.4 Å². The normalized spacial score (nSPS) is 10.4. The molecule has 0 aliphatic carbocycles. The van der Waals surface area contributed by atoms with Crippen LogP contribution in [-0.4, -0.2) is 17.4 Å². The first-order chi connectivity index (χ1) is 7.61. The summed E-state index contributed by atoms with van der Waals surface area (Å²) in [5.74, 6) is 0.968. The monoisotopic (exact) mass is 240 g/mol. The molecule has 0 radical (unpaired) electrons. The van der Waals surface area contributed by atoms with Gasteiger partial charge < -0.3 is 20.1 Å². The standard InChI is InChI=1S/C10H9ClN2O3/c1-15-5-2-6(10(14)7(11)3-5)8-4-9(12)13-16-8/h2-4,14H,1H3,(H2,12,13). The predicted molar refractivity (Wildman–Crippen MR) is 59.6 cm³/mol. The third-order valence-electron chi connectivity index (χ3n) is 2.07. The number of aromatic nitrogens is 1. The number of nitrogens with two attached hydrogens (primary N) is 1. The van der Waals surface area contributed by atoms with Crippen molar-refractivity contribution in [2.75, 3.05) is 12.8 Å². The van der Waals surface area contributed by atoms with E-state index in [0.29, 0.717) is 17.1 Å². The Morgan fingerprint density at radius 1 is 1.44 bits per heavy atom. The molecule has 6 heteroatoms. The SMILES string of the molecule is COc1cc(Cl)c(O)c(-c2cc(N)no2)c1. The molecule has 0 amide bonds. The molecule has 1 aromatic carbocycles. The number of halogens is 1. The smallest absolute Gasteiger partial charge is 0.172 e. The van der Waals surface area contributed by atoms with Crippen LogP contribution in [0.1, 0.15) is 0 Å². The summed E-state index contributed by atoms with van der Waals surface area (Å²) in [5, 5.41) is 13.5. The zero-order valence-electron chi connectivity index (χ0n) is 8.40. The molecule has 0 spiro atoms. The molecule has 3 N–H and O–H groups in total. The Morgan fingerprint density at radius 2 is 2.19 bits per heavy atom. The van der Waals surface area contributed by atoms with Crippen molar-refractivity contribution in [2.45, 2.75) is 0 Å². The zero-order valence-corrected chi connectivity index (χ0v) is 9.15. The lowest BCUT2D eigenvalue weighted by Crippen LogP contribution is -1.85. The van der Waals surface area contributed by atoms with Gasteiger partial charge in [-0.2, -0.15) is 0 Å². The van der Waals surface area contributed by atoms with Gasteiger partial charge in [0.05, 0.1) is 17.7 Å². The Morgan fingerprint density at radius 3 is 2.75 bits per heavy atom. The molecule has 84 valence electrons. The van der Waals surface area contributed by atoms with E-state index < -0.39 is 0 Å². The Kier molecular flexibility index (Phi) is 2.62. The van der Waals surface area contributed by atoms with Gasteiger partial charge in [-0.25, -0.2) is 0 Å². The Balaban J connectivity index is 2.59. The molecular formula is C10H9ClN2O3. The largest absolute Gasteiger partial charge is 0.506 e. The number of anilines is 1. The molecule has 0 saturated carbocycles. The molecule has 2 rings (SSSR count). The van der Waals surface area contributed by atoms with Gasteiger partial charge in [0.15, 0.2) is 11.6 Å². The molecule has 2 aromatic rings. The molecule has 0 bridgehead atoms. The first-order valence-corrected chi connectivity index (χ1v) is 4.78. The molecular weight excluding hydrogens is 232 g/mol. The van der Waals surface area contributed by atoms with Crippen LogP contribution in [0.25, 0.3) is 11.3 Å². The fraction of sp³-hybridized carbons (Fsp3) is 0.100. The van der Waals surface area contributed by atoms with E-state index in [1.165, 1.54) is 19.2 Å². The Bertz CT molecular complexity index is 525. The fourth-order valence-corrected chi connectivity index (χ4v) is 1.51. The van der Waals surface area contributed by atoms with E-state index in [2.05, 4.69) is 5.16 Å². The number of phenols is 1. The lowest BCUT2D eigenvalue weighted by atomic mass is 10.1. The van der Waals surface area contributed by atoms with E-state index >= 15 is 0 Å². The Hall–Kier alpha value is -1.88. The number of nitrogens with zero attached hydrogens (tertiary/aromatic N) is 1. The highest BCUT2D eigenvalue weighted by Gasteiger charge is 2.14. The highest BCUT2D eigenvalue weighted by molar-refractivity contribution is 6.32. The van der Waals surface area contributed by atoms with Crippen molar-refractivity contribution in [1.82, 2.24) is 5.16 Å². The summed E-state index contributed by atoms with van der Waals surface area (Å²) in [5.41, 5.74) is 5.81. The van der Waals surface area contributed by atoms with Crippen LogP contribution in [0.15, 0.2) is 22.7 Å². The average molecular weight is 241 g/mol. The van der Waals surface area contributed by atoms with E-state index in [0.717, 1.165) is 0 Å². The van der Waals surface area contributed by atoms with Crippen molar-refractivity contribution in [1.29, 1.82) is 0 Å². The number of ether oxygens (including phenoxy) is 1. The average Bonchev–Trinajstić information content (AvgIpc) is 2.68. The van der Waals surface area contributed by atoms with E-state index in [-0.39, 0.29) is 16.6 Å². The first kappa shape index (κ1) is 10.6. The third kappa shape index (κ3) is 1.77. The quantitative estimate of drug-likeness (QED) is 0.842. The molecule has 0 aliphatic heterocycles. The molecule has 0 unspecified atom stereocenters. The van der Waals surface area contributed by atoms with Crippen molar-refractivity contribution in [3.63, 3.8) is 0 Å². The van der Waals surface area contributed by atoms with Crippen LogP contribution in [0, 0.1) is 0 Å². The van der Waals surface area contributed by atoms with Crippen molar-refractivity contribution in [3.05, 3.63) is 23.2 Å². The molecule has 1 heterocycles. The number of methoxy groups -OCH3 is 1. The second-order valence-corrected chi connectivity index (χ2v) is 3.53. The van der Waals surface area contributed by atoms with Crippen LogP contribution in [0.3, 0.4) is 0 Å². The van der Waals surface area contributed by atoms with Crippen LogP contribution >= 0.6 is 11.6 Å². The van der Waals surface area contributed by atoms with Gasteiger partial charge in [0.2, 0.25) is 0 Å². The van der Waals surface area contributed by atoms with E-state index in [4.69, 9.17) is 26.6 Å². The molecule has 0 fully saturated rings. The van der Waals surface area contributed by atoms with Gasteiger partial charge in [-0.1, -0.05) is 16.8 Å². The number of hydrogen-bond acceptors (Lipinski definition) is 5. The van der Waals surface area contributed by atoms with Crippen molar-refractivity contribution < 1.29 is 14.4 Å². The third-order valence-corrected chi connectivity index (χ3v) is 2.35. The summed E-state index contributed by atoms with van der Waals surface area (Å²) in [6.45, 7) is 0. The van der Waals surface area contributed by atoms with Gasteiger partial charge in [-0.05, 0) is 6.07 Å². The van der Waals surface area contributed by atoms with E-state index in [1.807, 2.05) is 0 Å². The van der Waals surface area contributed by atoms with Gasteiger partial charge in [0.25, 0.3) is 0 Å². The van der Waals surface area contributed by atoms with Crippen LogP contribution in [-0.2, 0) is 0 Å². The number of benzene rings is 1. The number of aromatic hydroxyl groups is 1. The van der Waals surface area contributed by atoms with Crippen molar-refractivity contribution in [2.24, 2.45) is 0 Å². The lowest BCUT2D eigenvalue weighted by molar-refractivity contribution is 0.409.